The average molecular weight is 578 g/mol. The van der Waals surface area contributed by atoms with Gasteiger partial charge in [-0.1, -0.05) is 27.5 Å². The number of aromatic nitrogens is 4. The van der Waals surface area contributed by atoms with Crippen LogP contribution in [0.1, 0.15) is 25.3 Å². The smallest absolute Gasteiger partial charge is 0.394 e. The number of amides is 1. The molecule has 3 N–H and O–H groups in total. The number of H-pyrrole nitrogens is 1. The van der Waals surface area contributed by atoms with E-state index in [1.54, 1.807) is 24.3 Å². The van der Waals surface area contributed by atoms with Crippen LogP contribution in [0.5, 0.6) is 0 Å². The molecular weight excluding hydrogens is 551 g/mol. The maximum absolute atomic E-state index is 12.9. The zero-order chi connectivity index (χ0) is 28.0. The molecule has 1 fully saturated rings. The first-order valence-electron chi connectivity index (χ1n) is 11.1. The number of nitrogens with zero attached hydrogens (tertiary/aromatic N) is 5. The number of aromatic amines is 1. The van der Waals surface area contributed by atoms with E-state index in [1.165, 1.54) is 32.6 Å². The van der Waals surface area contributed by atoms with Gasteiger partial charge in [-0.2, -0.15) is 23.3 Å². The molecule has 1 saturated heterocycles. The number of carbonyl (C=O) groups excluding carboxylic acids is 1. The van der Waals surface area contributed by atoms with Crippen molar-refractivity contribution < 1.29 is 32.5 Å². The fourth-order valence-electron chi connectivity index (χ4n) is 3.47. The molecule has 1 aliphatic rings. The van der Waals surface area contributed by atoms with Crippen molar-refractivity contribution in [2.45, 2.75) is 43.4 Å². The number of halogens is 3. The second-order valence-electron chi connectivity index (χ2n) is 8.12. The standard InChI is InChI=1S/C21H26F3N7O5S2/c1-11(38-37-4)35-13-8-15(36-14(13)9-32)31-17-16(18(33)28-20(27-17)26-10-30(2)3)12(29-31)6-5-7-25-19(34)21(22,23)24/h10-11,13-15,32H,7-9H2,1-4H3,(H,25,34)(H,27,28,33)/t11-,13+,14+,15+/m0/s1. The number of ether oxygens (including phenoxy) is 2. The molecule has 1 amide bonds. The minimum absolute atomic E-state index is 0.0243. The summed E-state index contributed by atoms with van der Waals surface area (Å²) in [5.74, 6) is 2.72. The quantitative estimate of drug-likeness (QED) is 0.131. The molecule has 2 aromatic rings. The normalized spacial score (nSPS) is 20.5. The fourth-order valence-corrected chi connectivity index (χ4v) is 4.88. The minimum Gasteiger partial charge on any atom is -0.394 e. The molecule has 0 aliphatic carbocycles. The fraction of sp³-hybridized carbons (Fsp3) is 0.571. The van der Waals surface area contributed by atoms with Crippen LogP contribution in [0.25, 0.3) is 11.0 Å². The van der Waals surface area contributed by atoms with Crippen LogP contribution in [0, 0.1) is 11.8 Å². The van der Waals surface area contributed by atoms with Crippen LogP contribution in [-0.2, 0) is 14.3 Å². The summed E-state index contributed by atoms with van der Waals surface area (Å²) in [5.41, 5.74) is -0.845. The summed E-state index contributed by atoms with van der Waals surface area (Å²) in [4.78, 5) is 36.6. The van der Waals surface area contributed by atoms with Crippen molar-refractivity contribution in [3.63, 3.8) is 0 Å². The molecule has 2 aromatic heterocycles. The van der Waals surface area contributed by atoms with Crippen LogP contribution < -0.4 is 10.9 Å². The molecule has 208 valence electrons. The number of alkyl halides is 3. The van der Waals surface area contributed by atoms with E-state index in [2.05, 4.69) is 31.9 Å². The van der Waals surface area contributed by atoms with Crippen LogP contribution in [-0.4, -0.2) is 99.3 Å². The zero-order valence-electron chi connectivity index (χ0n) is 20.8. The highest BCUT2D eigenvalue weighted by atomic mass is 33.1. The number of rotatable bonds is 9. The van der Waals surface area contributed by atoms with Gasteiger partial charge in [-0.05, 0) is 19.1 Å². The van der Waals surface area contributed by atoms with Gasteiger partial charge in [0.15, 0.2) is 17.6 Å². The Morgan fingerprint density at radius 1 is 1.50 bits per heavy atom. The lowest BCUT2D eigenvalue weighted by Gasteiger charge is -2.20. The van der Waals surface area contributed by atoms with E-state index >= 15 is 0 Å². The topological polar surface area (TPSA) is 147 Å². The van der Waals surface area contributed by atoms with Crippen molar-refractivity contribution in [1.82, 2.24) is 30.0 Å². The van der Waals surface area contributed by atoms with E-state index in [-0.39, 0.29) is 41.1 Å². The van der Waals surface area contributed by atoms with E-state index in [1.807, 2.05) is 13.2 Å². The summed E-state index contributed by atoms with van der Waals surface area (Å²) in [6.45, 7) is 0.916. The predicted molar refractivity (Wildman–Crippen MR) is 137 cm³/mol. The molecule has 1 aliphatic heterocycles. The number of carbonyl (C=O) groups is 1. The molecule has 0 bridgehead atoms. The largest absolute Gasteiger partial charge is 0.471 e. The van der Waals surface area contributed by atoms with Crippen LogP contribution in [0.2, 0.25) is 0 Å². The van der Waals surface area contributed by atoms with Crippen LogP contribution in [0.15, 0.2) is 9.79 Å². The van der Waals surface area contributed by atoms with Gasteiger partial charge in [-0.15, -0.1) is 0 Å². The van der Waals surface area contributed by atoms with Crippen molar-refractivity contribution in [3.05, 3.63) is 16.0 Å². The van der Waals surface area contributed by atoms with E-state index < -0.39 is 42.6 Å². The highest BCUT2D eigenvalue weighted by molar-refractivity contribution is 8.76. The van der Waals surface area contributed by atoms with Gasteiger partial charge in [0, 0.05) is 20.5 Å². The monoisotopic (exact) mass is 577 g/mol. The van der Waals surface area contributed by atoms with E-state index in [0.717, 1.165) is 0 Å². The Labute approximate surface area is 223 Å². The Hall–Kier alpha value is -2.78. The minimum atomic E-state index is -5.05. The molecule has 4 atom stereocenters. The molecule has 0 aromatic carbocycles. The average Bonchev–Trinajstić information content (AvgIpc) is 3.41. The molecule has 3 rings (SSSR count). The number of aliphatic hydroxyl groups excluding tert-OH is 1. The van der Waals surface area contributed by atoms with Gasteiger partial charge in [0.25, 0.3) is 5.56 Å². The van der Waals surface area contributed by atoms with Crippen molar-refractivity contribution in [3.8, 4) is 11.8 Å². The lowest BCUT2D eigenvalue weighted by Crippen LogP contribution is -2.36. The third-order valence-electron chi connectivity index (χ3n) is 4.99. The number of hydrogen-bond acceptors (Lipinski definition) is 10. The Balaban J connectivity index is 1.99. The molecule has 3 heterocycles. The third-order valence-corrected chi connectivity index (χ3v) is 6.96. The van der Waals surface area contributed by atoms with Gasteiger partial charge in [0.2, 0.25) is 5.95 Å². The SMILES string of the molecule is CSS[C@@H](C)O[C@@H]1C[C@H](n2nc(C#CCNC(=O)C(F)(F)F)c3c(=O)[nH]c(N=CN(C)C)nc32)O[C@@H]1CO. The van der Waals surface area contributed by atoms with Crippen molar-refractivity contribution in [1.29, 1.82) is 0 Å². The number of nitrogens with one attached hydrogen (secondary N) is 2. The Bertz CT molecular complexity index is 1290. The molecule has 17 heteroatoms. The van der Waals surface area contributed by atoms with E-state index in [4.69, 9.17) is 9.47 Å². The second kappa shape index (κ2) is 12.8. The van der Waals surface area contributed by atoms with Gasteiger partial charge in [0.05, 0.1) is 25.6 Å². The van der Waals surface area contributed by atoms with Gasteiger partial charge >= 0.3 is 12.1 Å². The predicted octanol–water partition coefficient (Wildman–Crippen LogP) is 1.39. The molecule has 0 saturated carbocycles. The Morgan fingerprint density at radius 2 is 2.24 bits per heavy atom. The number of fused-ring (bicyclic) bond motifs is 1. The summed E-state index contributed by atoms with van der Waals surface area (Å²) >= 11 is 0. The maximum Gasteiger partial charge on any atom is 0.471 e. The van der Waals surface area contributed by atoms with Gasteiger partial charge in [-0.3, -0.25) is 14.6 Å². The maximum atomic E-state index is 12.9. The number of aliphatic imine (C=N–C) groups is 1. The summed E-state index contributed by atoms with van der Waals surface area (Å²) in [5, 5.41) is 15.8. The van der Waals surface area contributed by atoms with E-state index in [9.17, 15) is 27.9 Å². The van der Waals surface area contributed by atoms with Crippen LogP contribution >= 0.6 is 21.6 Å². The van der Waals surface area contributed by atoms with Gasteiger partial charge in [0.1, 0.15) is 16.9 Å². The lowest BCUT2D eigenvalue weighted by molar-refractivity contribution is -0.173. The zero-order valence-corrected chi connectivity index (χ0v) is 22.4. The molecule has 0 spiro atoms. The Kier molecular flexibility index (Phi) is 10.1. The van der Waals surface area contributed by atoms with E-state index in [0.29, 0.717) is 0 Å². The first-order chi connectivity index (χ1) is 17.9. The summed E-state index contributed by atoms with van der Waals surface area (Å²) < 4.78 is 50.5. The molecule has 0 unspecified atom stereocenters. The van der Waals surface area contributed by atoms with Crippen molar-refractivity contribution in [2.24, 2.45) is 4.99 Å². The summed E-state index contributed by atoms with van der Waals surface area (Å²) in [6.07, 6.45) is -3.41. The Morgan fingerprint density at radius 3 is 2.87 bits per heavy atom. The number of aliphatic hydroxyl groups is 1. The molecular formula is C21H26F3N7O5S2. The first kappa shape index (κ1) is 29.8. The van der Waals surface area contributed by atoms with Gasteiger partial charge < -0.3 is 24.8 Å². The lowest BCUT2D eigenvalue weighted by atomic mass is 10.2. The van der Waals surface area contributed by atoms with Gasteiger partial charge in [-0.25, -0.2) is 9.67 Å². The summed E-state index contributed by atoms with van der Waals surface area (Å²) in [6, 6.07) is 0. The molecule has 12 nitrogen and oxygen atoms in total. The highest BCUT2D eigenvalue weighted by Crippen LogP contribution is 2.35. The molecule has 38 heavy (non-hydrogen) atoms. The van der Waals surface area contributed by atoms with Crippen LogP contribution in [0.3, 0.4) is 0 Å². The van der Waals surface area contributed by atoms with Crippen molar-refractivity contribution >= 4 is 50.8 Å². The third kappa shape index (κ3) is 7.41. The first-order valence-corrected chi connectivity index (χ1v) is 13.7. The van der Waals surface area contributed by atoms with Crippen molar-refractivity contribution in [2.75, 3.05) is 33.5 Å². The second-order valence-corrected chi connectivity index (χ2v) is 10.9. The number of hydrogen-bond donors (Lipinski definition) is 3. The summed E-state index contributed by atoms with van der Waals surface area (Å²) in [7, 11) is 6.49. The molecule has 0 radical (unpaired) electrons. The highest BCUT2D eigenvalue weighted by Gasteiger charge is 2.40. The van der Waals surface area contributed by atoms with Crippen LogP contribution in [0.4, 0.5) is 19.1 Å².